The van der Waals surface area contributed by atoms with Gasteiger partial charge in [-0.3, -0.25) is 0 Å². The topological polar surface area (TPSA) is 59.0 Å². The summed E-state index contributed by atoms with van der Waals surface area (Å²) in [5.74, 6) is 0.773. The van der Waals surface area contributed by atoms with E-state index in [1.54, 1.807) is 11.3 Å². The van der Waals surface area contributed by atoms with Crippen LogP contribution in [0, 0.1) is 11.3 Å². The van der Waals surface area contributed by atoms with Crippen LogP contribution < -0.4 is 10.5 Å². The third-order valence-corrected chi connectivity index (χ3v) is 4.95. The highest BCUT2D eigenvalue weighted by molar-refractivity contribution is 9.10. The summed E-state index contributed by atoms with van der Waals surface area (Å²) in [6, 6.07) is 11.7. The van der Waals surface area contributed by atoms with Crippen molar-refractivity contribution in [2.75, 3.05) is 0 Å². The van der Waals surface area contributed by atoms with Gasteiger partial charge in [-0.2, -0.15) is 5.26 Å². The van der Waals surface area contributed by atoms with Gasteiger partial charge >= 0.3 is 0 Å². The maximum atomic E-state index is 8.69. The van der Waals surface area contributed by atoms with Crippen molar-refractivity contribution in [2.24, 2.45) is 5.73 Å². The van der Waals surface area contributed by atoms with Crippen molar-refractivity contribution in [1.29, 1.82) is 5.26 Å². The summed E-state index contributed by atoms with van der Waals surface area (Å²) in [5.41, 5.74) is 7.19. The Morgan fingerprint density at radius 3 is 2.62 bits per heavy atom. The molecule has 1 heterocycles. The van der Waals surface area contributed by atoms with E-state index in [1.165, 1.54) is 0 Å². The number of nitrogens with two attached hydrogens (primary N) is 1. The predicted octanol–water partition coefficient (Wildman–Crippen LogP) is 4.43. The lowest BCUT2D eigenvalue weighted by atomic mass is 10.1. The summed E-state index contributed by atoms with van der Waals surface area (Å²) < 4.78 is 7.13. The Labute approximate surface area is 137 Å². The van der Waals surface area contributed by atoms with E-state index in [0.29, 0.717) is 6.42 Å². The fourth-order valence-corrected chi connectivity index (χ4v) is 3.52. The molecule has 0 spiro atoms. The second-order valence-electron chi connectivity index (χ2n) is 4.76. The normalized spacial score (nSPS) is 13.4. The monoisotopic (exact) mass is 364 g/mol. The van der Waals surface area contributed by atoms with E-state index in [4.69, 9.17) is 15.7 Å². The summed E-state index contributed by atoms with van der Waals surface area (Å²) >= 11 is 5.10. The van der Waals surface area contributed by atoms with E-state index in [9.17, 15) is 0 Å². The van der Waals surface area contributed by atoms with E-state index in [2.05, 4.69) is 35.0 Å². The molecule has 2 atom stereocenters. The molecule has 2 N–H and O–H groups in total. The van der Waals surface area contributed by atoms with Gasteiger partial charge in [-0.25, -0.2) is 0 Å². The minimum Gasteiger partial charge on any atom is -0.483 e. The van der Waals surface area contributed by atoms with E-state index in [1.807, 2.05) is 29.6 Å². The summed E-state index contributed by atoms with van der Waals surface area (Å²) in [6.45, 7) is 2.06. The lowest BCUT2D eigenvalue weighted by molar-refractivity contribution is 0.174. The Hall–Kier alpha value is -1.35. The Balaban J connectivity index is 2.17. The van der Waals surface area contributed by atoms with Gasteiger partial charge in [0.05, 0.1) is 12.5 Å². The van der Waals surface area contributed by atoms with Gasteiger partial charge in [0.25, 0.3) is 0 Å². The van der Waals surface area contributed by atoms with Crippen LogP contribution >= 0.6 is 27.3 Å². The lowest BCUT2D eigenvalue weighted by Crippen LogP contribution is -2.30. The average molecular weight is 365 g/mol. The Bertz CT molecular complexity index is 618. The van der Waals surface area contributed by atoms with Crippen LogP contribution in [-0.2, 0) is 6.42 Å². The number of hydrogen-bond acceptors (Lipinski definition) is 4. The van der Waals surface area contributed by atoms with Gasteiger partial charge < -0.3 is 10.5 Å². The molecule has 0 radical (unpaired) electrons. The van der Waals surface area contributed by atoms with Crippen molar-refractivity contribution >= 4 is 27.3 Å². The molecule has 0 bridgehead atoms. The number of rotatable bonds is 6. The van der Waals surface area contributed by atoms with Crippen molar-refractivity contribution in [3.8, 4) is 11.8 Å². The molecule has 1 aromatic carbocycles. The predicted molar refractivity (Wildman–Crippen MR) is 89.4 cm³/mol. The summed E-state index contributed by atoms with van der Waals surface area (Å²) in [5, 5.41) is 10.7. The maximum absolute atomic E-state index is 8.69. The van der Waals surface area contributed by atoms with Gasteiger partial charge in [-0.15, -0.1) is 11.3 Å². The van der Waals surface area contributed by atoms with Crippen LogP contribution in [0.1, 0.15) is 29.9 Å². The van der Waals surface area contributed by atoms with Crippen LogP contribution in [0.4, 0.5) is 0 Å². The molecule has 110 valence electrons. The minimum absolute atomic E-state index is 0.0608. The van der Waals surface area contributed by atoms with Crippen molar-refractivity contribution in [1.82, 2.24) is 0 Å². The highest BCUT2D eigenvalue weighted by Gasteiger charge is 2.22. The molecular formula is C16H17BrN2OS. The number of ether oxygens (including phenoxy) is 1. The van der Waals surface area contributed by atoms with Crippen LogP contribution in [0.3, 0.4) is 0 Å². The molecule has 21 heavy (non-hydrogen) atoms. The van der Waals surface area contributed by atoms with Gasteiger partial charge in [0.2, 0.25) is 0 Å². The second-order valence-corrected chi connectivity index (χ2v) is 6.62. The molecule has 1 aromatic heterocycles. The number of nitriles is 1. The zero-order chi connectivity index (χ0) is 15.2. The van der Waals surface area contributed by atoms with Gasteiger partial charge in [-0.05, 0) is 46.1 Å². The molecular weight excluding hydrogens is 348 g/mol. The molecule has 0 aliphatic rings. The molecule has 2 rings (SSSR count). The minimum atomic E-state index is -0.159. The van der Waals surface area contributed by atoms with Crippen molar-refractivity contribution < 1.29 is 4.74 Å². The van der Waals surface area contributed by atoms with Crippen LogP contribution in [0.2, 0.25) is 0 Å². The van der Waals surface area contributed by atoms with Crippen LogP contribution in [0.25, 0.3) is 0 Å². The standard InChI is InChI=1S/C16H17BrN2OS/c1-2-14(19)16(15-9-12(17)10-21-15)20-13-5-3-11(4-6-13)7-8-18/h3-6,9-10,14,16H,2,7,19H2,1H3. The first-order valence-corrected chi connectivity index (χ1v) is 8.43. The van der Waals surface area contributed by atoms with Crippen molar-refractivity contribution in [3.05, 3.63) is 50.6 Å². The van der Waals surface area contributed by atoms with Crippen LogP contribution in [0.15, 0.2) is 40.2 Å². The number of nitrogens with zero attached hydrogens (tertiary/aromatic N) is 1. The molecule has 0 saturated heterocycles. The third-order valence-electron chi connectivity index (χ3n) is 3.20. The first-order chi connectivity index (χ1) is 10.1. The zero-order valence-electron chi connectivity index (χ0n) is 11.8. The summed E-state index contributed by atoms with van der Waals surface area (Å²) in [6.07, 6.45) is 1.09. The van der Waals surface area contributed by atoms with Gasteiger partial charge in [0, 0.05) is 20.8 Å². The first kappa shape index (κ1) is 16.0. The van der Waals surface area contributed by atoms with Crippen molar-refractivity contribution in [2.45, 2.75) is 31.9 Å². The smallest absolute Gasteiger partial charge is 0.148 e. The molecule has 3 nitrogen and oxygen atoms in total. The van der Waals surface area contributed by atoms with Crippen molar-refractivity contribution in [3.63, 3.8) is 0 Å². The van der Waals surface area contributed by atoms with Gasteiger partial charge in [0.15, 0.2) is 0 Å². The van der Waals surface area contributed by atoms with Crippen LogP contribution in [-0.4, -0.2) is 6.04 Å². The average Bonchev–Trinajstić information content (AvgIpc) is 2.92. The first-order valence-electron chi connectivity index (χ1n) is 6.76. The lowest BCUT2D eigenvalue weighted by Gasteiger charge is -2.23. The third kappa shape index (κ3) is 4.31. The second kappa shape index (κ2) is 7.60. The molecule has 2 aromatic rings. The SMILES string of the molecule is CCC(N)C(Oc1ccc(CC#N)cc1)c1cc(Br)cs1. The maximum Gasteiger partial charge on any atom is 0.148 e. The zero-order valence-corrected chi connectivity index (χ0v) is 14.2. The fraction of sp³-hybridized carbons (Fsp3) is 0.312. The van der Waals surface area contributed by atoms with Crippen LogP contribution in [0.5, 0.6) is 5.75 Å². The molecule has 0 amide bonds. The summed E-state index contributed by atoms with van der Waals surface area (Å²) in [4.78, 5) is 1.11. The number of halogens is 1. The molecule has 0 saturated carbocycles. The highest BCUT2D eigenvalue weighted by Crippen LogP contribution is 2.32. The Kier molecular flexibility index (Phi) is 5.80. The van der Waals surface area contributed by atoms with E-state index in [-0.39, 0.29) is 12.1 Å². The van der Waals surface area contributed by atoms with Gasteiger partial charge in [-0.1, -0.05) is 19.1 Å². The molecule has 0 aliphatic carbocycles. The largest absolute Gasteiger partial charge is 0.483 e. The van der Waals surface area contributed by atoms with E-state index >= 15 is 0 Å². The Morgan fingerprint density at radius 1 is 1.38 bits per heavy atom. The van der Waals surface area contributed by atoms with E-state index < -0.39 is 0 Å². The Morgan fingerprint density at radius 2 is 2.10 bits per heavy atom. The molecule has 5 heteroatoms. The quantitative estimate of drug-likeness (QED) is 0.824. The number of thiophene rings is 1. The highest BCUT2D eigenvalue weighted by atomic mass is 79.9. The molecule has 0 aliphatic heterocycles. The van der Waals surface area contributed by atoms with Gasteiger partial charge in [0.1, 0.15) is 11.9 Å². The summed E-state index contributed by atoms with van der Waals surface area (Å²) in [7, 11) is 0. The molecule has 0 fully saturated rings. The number of hydrogen-bond donors (Lipinski definition) is 1. The number of benzene rings is 1. The molecule has 2 unspecified atom stereocenters. The van der Waals surface area contributed by atoms with E-state index in [0.717, 1.165) is 27.1 Å². The fourth-order valence-electron chi connectivity index (χ4n) is 1.97.